The number of hydrogen-bond donors (Lipinski definition) is 2. The second kappa shape index (κ2) is 9.03. The van der Waals surface area contributed by atoms with E-state index in [4.69, 9.17) is 4.42 Å². The average molecular weight is 394 g/mol. The number of para-hydroxylation sites is 1. The predicted molar refractivity (Wildman–Crippen MR) is 100 cm³/mol. The largest absolute Gasteiger partial charge is 0.455 e. The fourth-order valence-electron chi connectivity index (χ4n) is 3.03. The van der Waals surface area contributed by atoms with Crippen molar-refractivity contribution in [2.75, 3.05) is 5.32 Å². The van der Waals surface area contributed by atoms with Crippen LogP contribution in [0.3, 0.4) is 0 Å². The van der Waals surface area contributed by atoms with Crippen LogP contribution in [0, 0.1) is 0 Å². The smallest absolute Gasteiger partial charge is 0.291 e. The fourth-order valence-corrected chi connectivity index (χ4v) is 3.48. The first kappa shape index (κ1) is 19.4. The topological polar surface area (TPSA) is 71.3 Å². The Kier molecular flexibility index (Phi) is 6.49. The normalized spacial score (nSPS) is 14.5. The number of anilines is 1. The van der Waals surface area contributed by atoms with Gasteiger partial charge < -0.3 is 15.1 Å². The molecule has 0 unspecified atom stereocenters. The molecule has 8 heteroatoms. The maximum absolute atomic E-state index is 12.5. The lowest BCUT2D eigenvalue weighted by Gasteiger charge is -2.14. The standard InChI is InChI=1S/C19H20F2N2O3S/c20-19(21)27-11-13-9-10-16(26-13)18(25)23-15-8-4-3-7-14(15)17(24)22-12-5-1-2-6-12/h3-4,7-10,12,19H,1-2,5-6,11H2,(H,22,24)(H,23,25). The van der Waals surface area contributed by atoms with Gasteiger partial charge in [0.05, 0.1) is 17.0 Å². The lowest BCUT2D eigenvalue weighted by molar-refractivity contribution is 0.0938. The second-order valence-corrected chi connectivity index (χ2v) is 7.27. The van der Waals surface area contributed by atoms with Crippen LogP contribution in [0.2, 0.25) is 0 Å². The zero-order chi connectivity index (χ0) is 19.2. The molecule has 144 valence electrons. The van der Waals surface area contributed by atoms with E-state index in [0.29, 0.717) is 23.0 Å². The molecule has 1 fully saturated rings. The predicted octanol–water partition coefficient (Wildman–Crippen LogP) is 4.66. The van der Waals surface area contributed by atoms with Crippen molar-refractivity contribution in [1.29, 1.82) is 0 Å². The molecule has 5 nitrogen and oxygen atoms in total. The number of amides is 2. The van der Waals surface area contributed by atoms with Crippen LogP contribution in [0.4, 0.5) is 14.5 Å². The Balaban J connectivity index is 1.66. The number of alkyl halides is 2. The summed E-state index contributed by atoms with van der Waals surface area (Å²) in [5, 5.41) is 5.65. The summed E-state index contributed by atoms with van der Waals surface area (Å²) in [6, 6.07) is 9.81. The zero-order valence-electron chi connectivity index (χ0n) is 14.5. The van der Waals surface area contributed by atoms with Crippen molar-refractivity contribution in [3.05, 3.63) is 53.5 Å². The van der Waals surface area contributed by atoms with Gasteiger partial charge in [0.25, 0.3) is 17.6 Å². The summed E-state index contributed by atoms with van der Waals surface area (Å²) in [5.74, 6) is -3.00. The lowest BCUT2D eigenvalue weighted by Crippen LogP contribution is -2.33. The third-order valence-electron chi connectivity index (χ3n) is 4.35. The Bertz CT molecular complexity index is 804. The molecule has 1 saturated carbocycles. The number of carbonyl (C=O) groups is 2. The molecule has 0 bridgehead atoms. The molecule has 1 aliphatic rings. The first-order chi connectivity index (χ1) is 13.0. The van der Waals surface area contributed by atoms with Gasteiger partial charge in [-0.1, -0.05) is 36.7 Å². The van der Waals surface area contributed by atoms with Gasteiger partial charge in [0, 0.05) is 6.04 Å². The van der Waals surface area contributed by atoms with Crippen molar-refractivity contribution in [1.82, 2.24) is 5.32 Å². The molecule has 27 heavy (non-hydrogen) atoms. The highest BCUT2D eigenvalue weighted by Gasteiger charge is 2.21. The number of halogens is 2. The summed E-state index contributed by atoms with van der Waals surface area (Å²) in [6.45, 7) is 0. The van der Waals surface area contributed by atoms with E-state index in [1.54, 1.807) is 24.3 Å². The van der Waals surface area contributed by atoms with Gasteiger partial charge in [0.1, 0.15) is 5.76 Å². The highest BCUT2D eigenvalue weighted by Crippen LogP contribution is 2.23. The summed E-state index contributed by atoms with van der Waals surface area (Å²) in [6.07, 6.45) is 4.14. The summed E-state index contributed by atoms with van der Waals surface area (Å²) in [4.78, 5) is 24.9. The Hall–Kier alpha value is -2.35. The number of hydrogen-bond acceptors (Lipinski definition) is 4. The molecule has 1 aromatic carbocycles. The van der Waals surface area contributed by atoms with Crippen molar-refractivity contribution < 1.29 is 22.8 Å². The average Bonchev–Trinajstić information content (AvgIpc) is 3.32. The van der Waals surface area contributed by atoms with Crippen LogP contribution in [0.5, 0.6) is 0 Å². The van der Waals surface area contributed by atoms with Crippen molar-refractivity contribution in [3.8, 4) is 0 Å². The molecular weight excluding hydrogens is 374 g/mol. The molecule has 2 N–H and O–H groups in total. The van der Waals surface area contributed by atoms with Crippen LogP contribution >= 0.6 is 11.8 Å². The molecule has 0 saturated heterocycles. The van der Waals surface area contributed by atoms with Crippen molar-refractivity contribution >= 4 is 29.3 Å². The van der Waals surface area contributed by atoms with Gasteiger partial charge in [-0.25, -0.2) is 0 Å². The lowest BCUT2D eigenvalue weighted by atomic mass is 10.1. The van der Waals surface area contributed by atoms with E-state index in [1.165, 1.54) is 12.1 Å². The SMILES string of the molecule is O=C(Nc1ccccc1C(=O)NC1CCCC1)c1ccc(CSC(F)F)o1. The monoisotopic (exact) mass is 394 g/mol. The van der Waals surface area contributed by atoms with Gasteiger partial charge >= 0.3 is 0 Å². The number of thioether (sulfide) groups is 1. The summed E-state index contributed by atoms with van der Waals surface area (Å²) in [5.41, 5.74) is 0.746. The highest BCUT2D eigenvalue weighted by molar-refractivity contribution is 7.98. The molecule has 1 heterocycles. The zero-order valence-corrected chi connectivity index (χ0v) is 15.4. The van der Waals surface area contributed by atoms with E-state index in [0.717, 1.165) is 25.7 Å². The second-order valence-electron chi connectivity index (χ2n) is 6.29. The quantitative estimate of drug-likeness (QED) is 0.717. The molecule has 0 spiro atoms. The summed E-state index contributed by atoms with van der Waals surface area (Å²) >= 11 is 0.423. The van der Waals surface area contributed by atoms with Crippen LogP contribution in [-0.4, -0.2) is 23.6 Å². The van der Waals surface area contributed by atoms with Crippen LogP contribution in [0.15, 0.2) is 40.8 Å². The molecule has 1 aromatic heterocycles. The number of benzene rings is 1. The molecule has 0 atom stereocenters. The Morgan fingerprint density at radius 2 is 1.85 bits per heavy atom. The summed E-state index contributed by atoms with van der Waals surface area (Å²) < 4.78 is 29.8. The van der Waals surface area contributed by atoms with E-state index in [1.807, 2.05) is 0 Å². The third-order valence-corrected chi connectivity index (χ3v) is 5.05. The van der Waals surface area contributed by atoms with Gasteiger partial charge in [-0.15, -0.1) is 0 Å². The van der Waals surface area contributed by atoms with Crippen LogP contribution < -0.4 is 10.6 Å². The maximum Gasteiger partial charge on any atom is 0.291 e. The minimum Gasteiger partial charge on any atom is -0.455 e. The van der Waals surface area contributed by atoms with E-state index in [-0.39, 0.29) is 29.2 Å². The fraction of sp³-hybridized carbons (Fsp3) is 0.368. The summed E-state index contributed by atoms with van der Waals surface area (Å²) in [7, 11) is 0. The molecule has 2 amide bonds. The first-order valence-electron chi connectivity index (χ1n) is 8.72. The van der Waals surface area contributed by atoms with E-state index in [2.05, 4.69) is 10.6 Å². The highest BCUT2D eigenvalue weighted by atomic mass is 32.2. The van der Waals surface area contributed by atoms with Crippen molar-refractivity contribution in [3.63, 3.8) is 0 Å². The molecule has 3 rings (SSSR count). The number of furan rings is 1. The number of nitrogens with one attached hydrogen (secondary N) is 2. The van der Waals surface area contributed by atoms with Gasteiger partial charge in [-0.05, 0) is 37.1 Å². The minimum atomic E-state index is -2.50. The number of rotatable bonds is 7. The van der Waals surface area contributed by atoms with Crippen molar-refractivity contribution in [2.45, 2.75) is 43.2 Å². The van der Waals surface area contributed by atoms with Crippen LogP contribution in [0.25, 0.3) is 0 Å². The first-order valence-corrected chi connectivity index (χ1v) is 9.77. The number of carbonyl (C=O) groups excluding carboxylic acids is 2. The van der Waals surface area contributed by atoms with Crippen molar-refractivity contribution in [2.24, 2.45) is 0 Å². The van der Waals surface area contributed by atoms with Gasteiger partial charge in [0.2, 0.25) is 0 Å². The van der Waals surface area contributed by atoms with Gasteiger partial charge in [0.15, 0.2) is 5.76 Å². The van der Waals surface area contributed by atoms with E-state index < -0.39 is 11.7 Å². The minimum absolute atomic E-state index is 0.00544. The van der Waals surface area contributed by atoms with Crippen LogP contribution in [0.1, 0.15) is 52.4 Å². The van der Waals surface area contributed by atoms with E-state index >= 15 is 0 Å². The van der Waals surface area contributed by atoms with Gasteiger partial charge in [-0.2, -0.15) is 8.78 Å². The van der Waals surface area contributed by atoms with E-state index in [9.17, 15) is 18.4 Å². The molecule has 0 aliphatic heterocycles. The Labute approximate surface area is 159 Å². The van der Waals surface area contributed by atoms with Gasteiger partial charge in [-0.3, -0.25) is 9.59 Å². The Morgan fingerprint density at radius 1 is 1.11 bits per heavy atom. The molecule has 2 aromatic rings. The maximum atomic E-state index is 12.5. The third kappa shape index (κ3) is 5.32. The molecule has 0 radical (unpaired) electrons. The Morgan fingerprint density at radius 3 is 2.59 bits per heavy atom. The molecular formula is C19H20F2N2O3S. The molecule has 1 aliphatic carbocycles. The van der Waals surface area contributed by atoms with Crippen LogP contribution in [-0.2, 0) is 5.75 Å².